The van der Waals surface area contributed by atoms with Gasteiger partial charge >= 0.3 is 0 Å². The second kappa shape index (κ2) is 6.54. The zero-order valence-corrected chi connectivity index (χ0v) is 12.8. The van der Waals surface area contributed by atoms with Crippen LogP contribution in [0.1, 0.15) is 43.9 Å². The molecule has 1 saturated carbocycles. The zero-order valence-electron chi connectivity index (χ0n) is 12.1. The normalized spacial score (nSPS) is 23.0. The third-order valence-corrected chi connectivity index (χ3v) is 4.33. The molecular weight excluding hydrogens is 288 g/mol. The fourth-order valence-corrected chi connectivity index (χ4v) is 3.06. The van der Waals surface area contributed by atoms with Crippen LogP contribution in [0.2, 0.25) is 5.02 Å². The first-order valence-corrected chi connectivity index (χ1v) is 7.78. The number of likely N-dealkylation sites (N-methyl/N-ethyl adjacent to an activating group) is 1. The SMILES string of the molecule is CNC1CCCCCC1c1nc(-c2ccc(Cl)cn2)no1. The van der Waals surface area contributed by atoms with Gasteiger partial charge in [0.25, 0.3) is 0 Å². The number of halogens is 1. The van der Waals surface area contributed by atoms with Crippen LogP contribution in [0.4, 0.5) is 0 Å². The number of rotatable bonds is 3. The van der Waals surface area contributed by atoms with Crippen LogP contribution in [-0.2, 0) is 0 Å². The van der Waals surface area contributed by atoms with E-state index >= 15 is 0 Å². The van der Waals surface area contributed by atoms with Gasteiger partial charge in [0.2, 0.25) is 11.7 Å². The number of hydrogen-bond acceptors (Lipinski definition) is 5. The first kappa shape index (κ1) is 14.5. The van der Waals surface area contributed by atoms with Gasteiger partial charge in [-0.15, -0.1) is 0 Å². The van der Waals surface area contributed by atoms with Crippen LogP contribution in [0, 0.1) is 0 Å². The summed E-state index contributed by atoms with van der Waals surface area (Å²) in [6, 6.07) is 3.99. The van der Waals surface area contributed by atoms with Crippen LogP contribution >= 0.6 is 11.6 Å². The third-order valence-electron chi connectivity index (χ3n) is 4.10. The van der Waals surface area contributed by atoms with Crippen molar-refractivity contribution in [1.29, 1.82) is 0 Å². The van der Waals surface area contributed by atoms with Gasteiger partial charge in [0.05, 0.1) is 10.9 Å². The van der Waals surface area contributed by atoms with E-state index in [0.717, 1.165) is 12.8 Å². The van der Waals surface area contributed by atoms with Gasteiger partial charge < -0.3 is 9.84 Å². The Morgan fingerprint density at radius 3 is 2.86 bits per heavy atom. The maximum atomic E-state index is 5.85. The standard InChI is InChI=1S/C15H19ClN4O/c1-17-12-6-4-2-3-5-11(12)15-19-14(20-21-15)13-8-7-10(16)9-18-13/h7-9,11-12,17H,2-6H2,1H3. The highest BCUT2D eigenvalue weighted by molar-refractivity contribution is 6.30. The molecule has 2 unspecified atom stereocenters. The average Bonchev–Trinajstić information content (AvgIpc) is 2.86. The lowest BCUT2D eigenvalue weighted by Crippen LogP contribution is -2.31. The van der Waals surface area contributed by atoms with Crippen LogP contribution in [0.25, 0.3) is 11.5 Å². The second-order valence-electron chi connectivity index (χ2n) is 5.46. The van der Waals surface area contributed by atoms with Crippen LogP contribution in [-0.4, -0.2) is 28.2 Å². The molecule has 112 valence electrons. The summed E-state index contributed by atoms with van der Waals surface area (Å²) < 4.78 is 5.50. The molecule has 0 aromatic carbocycles. The highest BCUT2D eigenvalue weighted by atomic mass is 35.5. The first-order valence-electron chi connectivity index (χ1n) is 7.40. The molecule has 0 amide bonds. The van der Waals surface area contributed by atoms with Gasteiger partial charge in [0.1, 0.15) is 5.69 Å². The topological polar surface area (TPSA) is 63.8 Å². The summed E-state index contributed by atoms with van der Waals surface area (Å²) in [4.78, 5) is 8.78. The molecule has 6 heteroatoms. The lowest BCUT2D eigenvalue weighted by Gasteiger charge is -2.20. The molecule has 1 aliphatic carbocycles. The van der Waals surface area contributed by atoms with Crippen molar-refractivity contribution in [3.8, 4) is 11.5 Å². The second-order valence-corrected chi connectivity index (χ2v) is 5.89. The minimum atomic E-state index is 0.283. The molecule has 0 saturated heterocycles. The molecule has 1 fully saturated rings. The van der Waals surface area contributed by atoms with Gasteiger partial charge in [-0.25, -0.2) is 0 Å². The van der Waals surface area contributed by atoms with Gasteiger partial charge in [-0.3, -0.25) is 4.98 Å². The minimum Gasteiger partial charge on any atom is -0.339 e. The Bertz CT molecular complexity index is 584. The van der Waals surface area contributed by atoms with Crippen LogP contribution < -0.4 is 5.32 Å². The third kappa shape index (κ3) is 3.24. The quantitative estimate of drug-likeness (QED) is 0.880. The van der Waals surface area contributed by atoms with Crippen molar-refractivity contribution >= 4 is 11.6 Å². The Morgan fingerprint density at radius 1 is 1.24 bits per heavy atom. The van der Waals surface area contributed by atoms with E-state index in [1.807, 2.05) is 7.05 Å². The fraction of sp³-hybridized carbons (Fsp3) is 0.533. The van der Waals surface area contributed by atoms with Gasteiger partial charge in [-0.05, 0) is 32.0 Å². The molecule has 1 aliphatic rings. The summed E-state index contributed by atoms with van der Waals surface area (Å²) in [5.41, 5.74) is 0.684. The van der Waals surface area contributed by atoms with Crippen molar-refractivity contribution in [3.05, 3.63) is 29.2 Å². The van der Waals surface area contributed by atoms with Crippen molar-refractivity contribution in [1.82, 2.24) is 20.4 Å². The Kier molecular flexibility index (Phi) is 4.51. The van der Waals surface area contributed by atoms with Crippen LogP contribution in [0.3, 0.4) is 0 Å². The van der Waals surface area contributed by atoms with E-state index in [-0.39, 0.29) is 5.92 Å². The Balaban J connectivity index is 1.84. The van der Waals surface area contributed by atoms with Crippen LogP contribution in [0.15, 0.2) is 22.9 Å². The Hall–Kier alpha value is -1.46. The molecule has 0 spiro atoms. The average molecular weight is 307 g/mol. The van der Waals surface area contributed by atoms with E-state index in [1.54, 1.807) is 18.3 Å². The molecule has 3 rings (SSSR count). The van der Waals surface area contributed by atoms with Crippen molar-refractivity contribution in [2.45, 2.75) is 44.1 Å². The fourth-order valence-electron chi connectivity index (χ4n) is 2.95. The van der Waals surface area contributed by atoms with Crippen molar-refractivity contribution in [2.24, 2.45) is 0 Å². The highest BCUT2D eigenvalue weighted by Gasteiger charge is 2.28. The first-order chi connectivity index (χ1) is 10.3. The van der Waals surface area contributed by atoms with E-state index < -0.39 is 0 Å². The molecule has 0 aliphatic heterocycles. The molecule has 2 aromatic rings. The lowest BCUT2D eigenvalue weighted by atomic mass is 9.95. The smallest absolute Gasteiger partial charge is 0.231 e. The summed E-state index contributed by atoms with van der Waals surface area (Å²) in [5.74, 6) is 1.52. The summed E-state index contributed by atoms with van der Waals surface area (Å²) in [6.07, 6.45) is 7.56. The van der Waals surface area contributed by atoms with E-state index in [1.165, 1.54) is 19.3 Å². The van der Waals surface area contributed by atoms with Crippen LogP contribution in [0.5, 0.6) is 0 Å². The molecule has 21 heavy (non-hydrogen) atoms. The molecular formula is C15H19ClN4O. The lowest BCUT2D eigenvalue weighted by molar-refractivity contribution is 0.311. The van der Waals surface area contributed by atoms with E-state index in [2.05, 4.69) is 20.4 Å². The Labute approximate surface area is 129 Å². The molecule has 2 heterocycles. The van der Waals surface area contributed by atoms with E-state index in [9.17, 15) is 0 Å². The van der Waals surface area contributed by atoms with Gasteiger partial charge in [-0.1, -0.05) is 36.0 Å². The minimum absolute atomic E-state index is 0.283. The van der Waals surface area contributed by atoms with Crippen molar-refractivity contribution in [3.63, 3.8) is 0 Å². The number of nitrogens with one attached hydrogen (secondary N) is 1. The largest absolute Gasteiger partial charge is 0.339 e. The zero-order chi connectivity index (χ0) is 14.7. The summed E-state index contributed by atoms with van der Waals surface area (Å²) in [6.45, 7) is 0. The maximum absolute atomic E-state index is 5.85. The Morgan fingerprint density at radius 2 is 2.10 bits per heavy atom. The number of nitrogens with zero attached hydrogens (tertiary/aromatic N) is 3. The van der Waals surface area contributed by atoms with E-state index in [4.69, 9.17) is 16.1 Å². The van der Waals surface area contributed by atoms with Gasteiger partial charge in [-0.2, -0.15) is 4.98 Å². The molecule has 0 radical (unpaired) electrons. The summed E-state index contributed by atoms with van der Waals surface area (Å²) in [7, 11) is 2.00. The molecule has 5 nitrogen and oxygen atoms in total. The highest BCUT2D eigenvalue weighted by Crippen LogP contribution is 2.31. The molecule has 1 N–H and O–H groups in total. The maximum Gasteiger partial charge on any atom is 0.231 e. The van der Waals surface area contributed by atoms with Crippen molar-refractivity contribution < 1.29 is 4.52 Å². The summed E-state index contributed by atoms with van der Waals surface area (Å²) >= 11 is 5.85. The number of hydrogen-bond donors (Lipinski definition) is 1. The van der Waals surface area contributed by atoms with Gasteiger partial charge in [0, 0.05) is 12.2 Å². The number of pyridine rings is 1. The van der Waals surface area contributed by atoms with Gasteiger partial charge in [0.15, 0.2) is 0 Å². The number of aromatic nitrogens is 3. The molecule has 0 bridgehead atoms. The van der Waals surface area contributed by atoms with E-state index in [0.29, 0.717) is 28.5 Å². The molecule has 2 aromatic heterocycles. The predicted molar refractivity (Wildman–Crippen MR) is 81.2 cm³/mol. The summed E-state index contributed by atoms with van der Waals surface area (Å²) in [5, 5.41) is 8.06. The molecule has 2 atom stereocenters. The predicted octanol–water partition coefficient (Wildman–Crippen LogP) is 3.42. The van der Waals surface area contributed by atoms with Crippen molar-refractivity contribution in [2.75, 3.05) is 7.05 Å². The monoisotopic (exact) mass is 306 g/mol.